The molecule has 1 unspecified atom stereocenters. The first-order chi connectivity index (χ1) is 4.68. The van der Waals surface area contributed by atoms with E-state index < -0.39 is 0 Å². The average Bonchev–Trinajstić information content (AvgIpc) is 1.88. The second-order valence-corrected chi connectivity index (χ2v) is 3.22. The molecule has 0 saturated heterocycles. The minimum absolute atomic E-state index is 0.213. The summed E-state index contributed by atoms with van der Waals surface area (Å²) in [7, 11) is 0. The van der Waals surface area contributed by atoms with Crippen molar-refractivity contribution in [1.82, 2.24) is 3.94 Å². The maximum absolute atomic E-state index is 5.52. The highest BCUT2D eigenvalue weighted by molar-refractivity contribution is 6.33. The van der Waals surface area contributed by atoms with E-state index in [0.717, 1.165) is 16.8 Å². The Morgan fingerprint density at radius 1 is 1.40 bits per heavy atom. The molecule has 0 amide bonds. The fourth-order valence-corrected chi connectivity index (χ4v) is 0.896. The Morgan fingerprint density at radius 3 is 2.40 bits per heavy atom. The van der Waals surface area contributed by atoms with Gasteiger partial charge in [-0.15, -0.1) is 3.94 Å². The largest absolute Gasteiger partial charge is 0.314 e. The maximum atomic E-state index is 5.52. The van der Waals surface area contributed by atoms with E-state index in [1.165, 1.54) is 12.8 Å². The molecule has 10 heavy (non-hydrogen) atoms. The van der Waals surface area contributed by atoms with Gasteiger partial charge in [-0.1, -0.05) is 26.2 Å². The summed E-state index contributed by atoms with van der Waals surface area (Å²) in [4.78, 5) is 0. The third kappa shape index (κ3) is 5.30. The van der Waals surface area contributed by atoms with Crippen LogP contribution in [0.2, 0.25) is 0 Å². The summed E-state index contributed by atoms with van der Waals surface area (Å²) < 4.78 is 1.01. The Labute approximate surface area is 72.5 Å². The molecule has 2 nitrogen and oxygen atoms in total. The lowest BCUT2D eigenvalue weighted by atomic mass is 10.2. The standard InChI is InChI=1S/C6H14Cl2N2/c1-2-3-4-5-6(9)10(7)8/h6H,2-5,9H2,1H3. The number of nitrogens with two attached hydrogens (primary N) is 1. The van der Waals surface area contributed by atoms with Crippen LogP contribution in [0.25, 0.3) is 0 Å². The van der Waals surface area contributed by atoms with Gasteiger partial charge >= 0.3 is 0 Å². The molecule has 0 aromatic heterocycles. The number of nitrogens with zero attached hydrogens (tertiary/aromatic N) is 1. The summed E-state index contributed by atoms with van der Waals surface area (Å²) in [6, 6.07) is 0. The molecule has 0 aliphatic heterocycles. The molecule has 0 aliphatic rings. The smallest absolute Gasteiger partial charge is 0.0882 e. The van der Waals surface area contributed by atoms with E-state index in [-0.39, 0.29) is 6.17 Å². The van der Waals surface area contributed by atoms with Crippen molar-refractivity contribution >= 4 is 23.6 Å². The number of unbranched alkanes of at least 4 members (excludes halogenated alkanes) is 2. The molecule has 0 aliphatic carbocycles. The molecule has 0 saturated carbocycles. The van der Waals surface area contributed by atoms with E-state index >= 15 is 0 Å². The van der Waals surface area contributed by atoms with Crippen LogP contribution in [-0.2, 0) is 0 Å². The normalized spacial score (nSPS) is 14.1. The summed E-state index contributed by atoms with van der Waals surface area (Å²) in [5, 5.41) is 0. The molecule has 2 N–H and O–H groups in total. The third-order valence-electron chi connectivity index (χ3n) is 1.35. The van der Waals surface area contributed by atoms with Crippen molar-refractivity contribution < 1.29 is 0 Å². The highest BCUT2D eigenvalue weighted by atomic mass is 35.5. The van der Waals surface area contributed by atoms with Crippen LogP contribution in [0.4, 0.5) is 0 Å². The van der Waals surface area contributed by atoms with Gasteiger partial charge in [-0.3, -0.25) is 0 Å². The third-order valence-corrected chi connectivity index (χ3v) is 1.86. The van der Waals surface area contributed by atoms with Crippen LogP contribution < -0.4 is 5.73 Å². The van der Waals surface area contributed by atoms with Crippen LogP contribution in [0.5, 0.6) is 0 Å². The Hall–Kier alpha value is 0.500. The zero-order valence-corrected chi connectivity index (χ0v) is 7.70. The predicted molar refractivity (Wildman–Crippen MR) is 45.7 cm³/mol. The molecule has 0 fully saturated rings. The van der Waals surface area contributed by atoms with Gasteiger partial charge in [0, 0.05) is 0 Å². The monoisotopic (exact) mass is 184 g/mol. The zero-order chi connectivity index (χ0) is 7.98. The van der Waals surface area contributed by atoms with Crippen LogP contribution in [0, 0.1) is 0 Å². The van der Waals surface area contributed by atoms with Crippen LogP contribution in [0.3, 0.4) is 0 Å². The van der Waals surface area contributed by atoms with Gasteiger partial charge in [0.05, 0.1) is 6.17 Å². The first kappa shape index (κ1) is 10.5. The van der Waals surface area contributed by atoms with E-state index in [9.17, 15) is 0 Å². The van der Waals surface area contributed by atoms with E-state index in [1.807, 2.05) is 0 Å². The van der Waals surface area contributed by atoms with E-state index in [1.54, 1.807) is 0 Å². The topological polar surface area (TPSA) is 29.3 Å². The van der Waals surface area contributed by atoms with E-state index in [4.69, 9.17) is 29.3 Å². The van der Waals surface area contributed by atoms with Crippen molar-refractivity contribution in [3.05, 3.63) is 0 Å². The molecule has 4 heteroatoms. The molecular formula is C6H14Cl2N2. The van der Waals surface area contributed by atoms with Gasteiger partial charge < -0.3 is 5.73 Å². The van der Waals surface area contributed by atoms with Gasteiger partial charge in [-0.05, 0) is 30.0 Å². The minimum atomic E-state index is -0.213. The fourth-order valence-electron chi connectivity index (χ4n) is 0.701. The van der Waals surface area contributed by atoms with Gasteiger partial charge in [0.25, 0.3) is 0 Å². The number of rotatable bonds is 5. The lowest BCUT2D eigenvalue weighted by molar-refractivity contribution is 0.447. The quantitative estimate of drug-likeness (QED) is 0.405. The van der Waals surface area contributed by atoms with Gasteiger partial charge in [0.2, 0.25) is 0 Å². The number of hydrogen-bond donors (Lipinski definition) is 1. The van der Waals surface area contributed by atoms with E-state index in [0.29, 0.717) is 0 Å². The van der Waals surface area contributed by atoms with Crippen LogP contribution in [-0.4, -0.2) is 10.1 Å². The van der Waals surface area contributed by atoms with Crippen LogP contribution in [0.15, 0.2) is 0 Å². The molecule has 0 spiro atoms. The molecule has 0 bridgehead atoms. The Balaban J connectivity index is 3.13. The summed E-state index contributed by atoms with van der Waals surface area (Å²) in [6.45, 7) is 2.14. The summed E-state index contributed by atoms with van der Waals surface area (Å²) >= 11 is 10.8. The molecule has 0 rings (SSSR count). The van der Waals surface area contributed by atoms with Gasteiger partial charge in [0.1, 0.15) is 0 Å². The SMILES string of the molecule is CCCCCC(N)N(Cl)Cl. The van der Waals surface area contributed by atoms with Crippen molar-refractivity contribution in [3.8, 4) is 0 Å². The highest BCUT2D eigenvalue weighted by Gasteiger charge is 2.06. The van der Waals surface area contributed by atoms with Crippen molar-refractivity contribution in [2.75, 3.05) is 0 Å². The number of halogens is 2. The van der Waals surface area contributed by atoms with Gasteiger partial charge in [-0.25, -0.2) is 0 Å². The van der Waals surface area contributed by atoms with Crippen molar-refractivity contribution in [2.45, 2.75) is 38.8 Å². The molecule has 1 atom stereocenters. The van der Waals surface area contributed by atoms with Crippen molar-refractivity contribution in [3.63, 3.8) is 0 Å². The predicted octanol–water partition coefficient (Wildman–Crippen LogP) is 2.46. The van der Waals surface area contributed by atoms with Crippen molar-refractivity contribution in [1.29, 1.82) is 0 Å². The second-order valence-electron chi connectivity index (χ2n) is 2.32. The maximum Gasteiger partial charge on any atom is 0.0882 e. The molecule has 62 valence electrons. The summed E-state index contributed by atoms with van der Waals surface area (Å²) in [5.41, 5.74) is 5.52. The summed E-state index contributed by atoms with van der Waals surface area (Å²) in [6.07, 6.45) is 4.12. The Morgan fingerprint density at radius 2 is 2.00 bits per heavy atom. The Bertz CT molecular complexity index is 78.1. The second kappa shape index (κ2) is 6.23. The lowest BCUT2D eigenvalue weighted by Gasteiger charge is -2.12. The molecule has 0 aromatic carbocycles. The highest BCUT2D eigenvalue weighted by Crippen LogP contribution is 2.09. The first-order valence-electron chi connectivity index (χ1n) is 3.54. The molecule has 0 radical (unpaired) electrons. The summed E-state index contributed by atoms with van der Waals surface area (Å²) in [5.74, 6) is 0. The first-order valence-corrected chi connectivity index (χ1v) is 4.22. The average molecular weight is 185 g/mol. The van der Waals surface area contributed by atoms with Crippen LogP contribution in [0.1, 0.15) is 32.6 Å². The zero-order valence-electron chi connectivity index (χ0n) is 6.19. The van der Waals surface area contributed by atoms with Crippen molar-refractivity contribution in [2.24, 2.45) is 5.73 Å². The molecular weight excluding hydrogens is 171 g/mol. The van der Waals surface area contributed by atoms with Gasteiger partial charge in [-0.2, -0.15) is 0 Å². The van der Waals surface area contributed by atoms with Gasteiger partial charge in [0.15, 0.2) is 0 Å². The minimum Gasteiger partial charge on any atom is -0.314 e. The fraction of sp³-hybridized carbons (Fsp3) is 1.00. The molecule has 0 heterocycles. The Kier molecular flexibility index (Phi) is 6.54. The molecule has 0 aromatic rings. The lowest BCUT2D eigenvalue weighted by Crippen LogP contribution is -2.29. The van der Waals surface area contributed by atoms with E-state index in [2.05, 4.69) is 6.92 Å². The van der Waals surface area contributed by atoms with Crippen LogP contribution >= 0.6 is 23.6 Å². The number of hydrogen-bond acceptors (Lipinski definition) is 2.